The number of thioether (sulfide) groups is 1. The molecule has 35 heavy (non-hydrogen) atoms. The highest BCUT2D eigenvalue weighted by Gasteiger charge is 2.39. The number of carbonyl (C=O) groups excluding carboxylic acids is 1. The van der Waals surface area contributed by atoms with Crippen LogP contribution in [0.15, 0.2) is 52.4 Å². The van der Waals surface area contributed by atoms with Crippen LogP contribution < -0.4 is 5.32 Å². The van der Waals surface area contributed by atoms with Crippen molar-refractivity contribution < 1.29 is 4.79 Å². The van der Waals surface area contributed by atoms with Gasteiger partial charge in [0.1, 0.15) is 5.04 Å². The topological polar surface area (TPSA) is 57.1 Å². The third kappa shape index (κ3) is 6.16. The SMILES string of the molecule is CCN1CCC2(CC1)N=C(SCC(=O)Nc1cc(Cl)ccc1C)C(c1ccc(C(C)(C)C)cc1)=N2. The minimum atomic E-state index is -0.411. The molecule has 4 rings (SSSR count). The predicted molar refractivity (Wildman–Crippen MR) is 150 cm³/mol. The molecule has 1 fully saturated rings. The first-order valence-corrected chi connectivity index (χ1v) is 13.7. The van der Waals surface area contributed by atoms with Crippen molar-refractivity contribution in [3.8, 4) is 0 Å². The molecule has 1 saturated heterocycles. The molecule has 0 unspecified atom stereocenters. The number of hydrogen-bond donors (Lipinski definition) is 1. The monoisotopic (exact) mass is 510 g/mol. The normalized spacial score (nSPS) is 17.9. The van der Waals surface area contributed by atoms with E-state index in [4.69, 9.17) is 21.6 Å². The summed E-state index contributed by atoms with van der Waals surface area (Å²) in [6, 6.07) is 14.2. The number of likely N-dealkylation sites (tertiary alicyclic amines) is 1. The van der Waals surface area contributed by atoms with Crippen LogP contribution in [0.3, 0.4) is 0 Å². The number of piperidine rings is 1. The highest BCUT2D eigenvalue weighted by atomic mass is 35.5. The van der Waals surface area contributed by atoms with Gasteiger partial charge in [0, 0.05) is 42.2 Å². The number of aliphatic imine (C=N–C) groups is 2. The summed E-state index contributed by atoms with van der Waals surface area (Å²) < 4.78 is 0. The van der Waals surface area contributed by atoms with Crippen molar-refractivity contribution in [1.82, 2.24) is 4.90 Å². The summed E-state index contributed by atoms with van der Waals surface area (Å²) in [5, 5.41) is 4.45. The zero-order valence-corrected chi connectivity index (χ0v) is 22.9. The molecule has 0 aromatic heterocycles. The lowest BCUT2D eigenvalue weighted by atomic mass is 9.86. The first-order valence-electron chi connectivity index (χ1n) is 12.3. The lowest BCUT2D eigenvalue weighted by Crippen LogP contribution is -2.41. The number of carbonyl (C=O) groups is 1. The van der Waals surface area contributed by atoms with Gasteiger partial charge in [0.2, 0.25) is 5.91 Å². The number of benzene rings is 2. The number of nitrogens with zero attached hydrogens (tertiary/aromatic N) is 3. The number of nitrogens with one attached hydrogen (secondary N) is 1. The van der Waals surface area contributed by atoms with Crippen LogP contribution in [0.5, 0.6) is 0 Å². The Bertz CT molecular complexity index is 1140. The van der Waals surface area contributed by atoms with Gasteiger partial charge in [0.05, 0.1) is 11.5 Å². The van der Waals surface area contributed by atoms with Crippen LogP contribution >= 0.6 is 23.4 Å². The molecular formula is C28H35ClN4OS. The van der Waals surface area contributed by atoms with Crippen molar-refractivity contribution in [2.75, 3.05) is 30.7 Å². The molecule has 2 aromatic rings. The molecule has 7 heteroatoms. The van der Waals surface area contributed by atoms with E-state index in [0.29, 0.717) is 5.02 Å². The molecule has 186 valence electrons. The smallest absolute Gasteiger partial charge is 0.234 e. The fourth-order valence-electron chi connectivity index (χ4n) is 4.44. The van der Waals surface area contributed by atoms with Crippen molar-refractivity contribution in [1.29, 1.82) is 0 Å². The molecule has 2 aromatic carbocycles. The molecule has 1 spiro atoms. The summed E-state index contributed by atoms with van der Waals surface area (Å²) >= 11 is 7.58. The zero-order chi connectivity index (χ0) is 25.2. The quantitative estimate of drug-likeness (QED) is 0.511. The average molecular weight is 511 g/mol. The average Bonchev–Trinajstić information content (AvgIpc) is 3.18. The number of anilines is 1. The maximum atomic E-state index is 12.8. The summed E-state index contributed by atoms with van der Waals surface area (Å²) in [5.74, 6) is 0.188. The zero-order valence-electron chi connectivity index (χ0n) is 21.3. The molecule has 0 saturated carbocycles. The first kappa shape index (κ1) is 25.9. The Morgan fingerprint density at radius 1 is 1.11 bits per heavy atom. The van der Waals surface area contributed by atoms with Gasteiger partial charge in [-0.1, -0.05) is 81.4 Å². The van der Waals surface area contributed by atoms with E-state index in [2.05, 4.69) is 62.2 Å². The van der Waals surface area contributed by atoms with Crippen LogP contribution in [0.2, 0.25) is 5.02 Å². The Morgan fingerprint density at radius 3 is 2.43 bits per heavy atom. The standard InChI is InChI=1S/C28H35ClN4OS/c1-6-33-15-13-28(14-16-33)31-25(20-8-10-21(11-9-20)27(3,4)5)26(32-28)35-18-24(34)30-23-17-22(29)12-7-19(23)2/h7-12,17H,6,13-16,18H2,1-5H3,(H,30,34). The molecule has 1 N–H and O–H groups in total. The van der Waals surface area contributed by atoms with Gasteiger partial charge in [0.15, 0.2) is 5.66 Å². The van der Waals surface area contributed by atoms with E-state index in [9.17, 15) is 4.79 Å². The maximum Gasteiger partial charge on any atom is 0.234 e. The number of halogens is 1. The van der Waals surface area contributed by atoms with Gasteiger partial charge in [-0.25, -0.2) is 4.99 Å². The van der Waals surface area contributed by atoms with E-state index >= 15 is 0 Å². The van der Waals surface area contributed by atoms with Gasteiger partial charge < -0.3 is 10.2 Å². The van der Waals surface area contributed by atoms with Crippen LogP contribution in [0.25, 0.3) is 0 Å². The summed E-state index contributed by atoms with van der Waals surface area (Å²) in [6.07, 6.45) is 1.81. The van der Waals surface area contributed by atoms with Gasteiger partial charge in [-0.2, -0.15) is 0 Å². The fourth-order valence-corrected chi connectivity index (χ4v) is 5.49. The third-order valence-electron chi connectivity index (χ3n) is 6.77. The molecule has 5 nitrogen and oxygen atoms in total. The highest BCUT2D eigenvalue weighted by Crippen LogP contribution is 2.36. The van der Waals surface area contributed by atoms with E-state index in [-0.39, 0.29) is 17.1 Å². The molecular weight excluding hydrogens is 476 g/mol. The van der Waals surface area contributed by atoms with E-state index < -0.39 is 5.66 Å². The Balaban J connectivity index is 1.54. The van der Waals surface area contributed by atoms with Crippen LogP contribution in [0, 0.1) is 6.92 Å². The van der Waals surface area contributed by atoms with Gasteiger partial charge in [-0.15, -0.1) is 0 Å². The molecule has 1 amide bonds. The van der Waals surface area contributed by atoms with Crippen LogP contribution in [0.4, 0.5) is 5.69 Å². The molecule has 2 aliphatic heterocycles. The maximum absolute atomic E-state index is 12.8. The van der Waals surface area contributed by atoms with E-state index in [1.54, 1.807) is 6.07 Å². The molecule has 0 bridgehead atoms. The largest absolute Gasteiger partial charge is 0.325 e. The van der Waals surface area contributed by atoms with E-state index in [1.807, 2.05) is 19.1 Å². The Kier molecular flexibility index (Phi) is 7.74. The second kappa shape index (κ2) is 10.5. The lowest BCUT2D eigenvalue weighted by Gasteiger charge is -2.34. The number of amides is 1. The van der Waals surface area contributed by atoms with Crippen molar-refractivity contribution in [3.05, 3.63) is 64.2 Å². The second-order valence-electron chi connectivity index (χ2n) is 10.4. The van der Waals surface area contributed by atoms with E-state index in [0.717, 1.165) is 60.0 Å². The second-order valence-corrected chi connectivity index (χ2v) is 11.8. The first-order chi connectivity index (χ1) is 16.6. The van der Waals surface area contributed by atoms with Gasteiger partial charge in [0.25, 0.3) is 0 Å². The van der Waals surface area contributed by atoms with Crippen LogP contribution in [0.1, 0.15) is 57.2 Å². The van der Waals surface area contributed by atoms with Crippen molar-refractivity contribution in [2.24, 2.45) is 9.98 Å². The molecule has 0 aliphatic carbocycles. The van der Waals surface area contributed by atoms with Crippen LogP contribution in [-0.2, 0) is 10.2 Å². The number of aryl methyl sites for hydroxylation is 1. The van der Waals surface area contributed by atoms with Crippen molar-refractivity contribution in [3.63, 3.8) is 0 Å². The van der Waals surface area contributed by atoms with Gasteiger partial charge in [-0.05, 0) is 42.1 Å². The highest BCUT2D eigenvalue weighted by molar-refractivity contribution is 8.16. The van der Waals surface area contributed by atoms with E-state index in [1.165, 1.54) is 17.3 Å². The summed E-state index contributed by atoms with van der Waals surface area (Å²) in [7, 11) is 0. The summed E-state index contributed by atoms with van der Waals surface area (Å²) in [4.78, 5) is 25.6. The summed E-state index contributed by atoms with van der Waals surface area (Å²) in [5.41, 5.74) is 4.66. The summed E-state index contributed by atoms with van der Waals surface area (Å²) in [6.45, 7) is 13.8. The molecule has 0 radical (unpaired) electrons. The van der Waals surface area contributed by atoms with Gasteiger partial charge >= 0.3 is 0 Å². The number of hydrogen-bond acceptors (Lipinski definition) is 5. The minimum absolute atomic E-state index is 0.0766. The predicted octanol–water partition coefficient (Wildman–Crippen LogP) is 6.33. The van der Waals surface area contributed by atoms with Crippen molar-refractivity contribution >= 4 is 45.7 Å². The lowest BCUT2D eigenvalue weighted by molar-refractivity contribution is -0.113. The Labute approximate surface area is 218 Å². The number of rotatable bonds is 5. The molecule has 2 heterocycles. The van der Waals surface area contributed by atoms with Crippen molar-refractivity contribution in [2.45, 2.75) is 58.5 Å². The van der Waals surface area contributed by atoms with Gasteiger partial charge in [-0.3, -0.25) is 9.79 Å². The minimum Gasteiger partial charge on any atom is -0.325 e. The molecule has 2 aliphatic rings. The third-order valence-corrected chi connectivity index (χ3v) is 7.97. The molecule has 0 atom stereocenters. The van der Waals surface area contributed by atoms with Crippen LogP contribution in [-0.4, -0.2) is 52.6 Å². The Hall–Kier alpha value is -2.15. The Morgan fingerprint density at radius 2 is 1.80 bits per heavy atom. The fraction of sp³-hybridized carbons (Fsp3) is 0.464.